The summed E-state index contributed by atoms with van der Waals surface area (Å²) in [6, 6.07) is 0. The smallest absolute Gasteiger partial charge is 0.334 e. The number of fused-ring (bicyclic) bond motifs is 5. The van der Waals surface area contributed by atoms with Gasteiger partial charge in [-0.05, 0) is 31.9 Å². The molecule has 0 aliphatic heterocycles. The number of carbonyl (C=O) groups excluding carboxylic acids is 3. The first-order valence-corrected chi connectivity index (χ1v) is 12.2. The number of ketones is 1. The first kappa shape index (κ1) is 25.8. The summed E-state index contributed by atoms with van der Waals surface area (Å²) < 4.78 is 12.0. The second-order valence-electron chi connectivity index (χ2n) is 11.3. The number of rotatable bonds is 4. The zero-order valence-corrected chi connectivity index (χ0v) is 21.4. The van der Waals surface area contributed by atoms with Gasteiger partial charge in [-0.1, -0.05) is 39.0 Å². The molecule has 0 aromatic heterocycles. The Morgan fingerprint density at radius 3 is 2.37 bits per heavy atom. The van der Waals surface area contributed by atoms with E-state index in [1.54, 1.807) is 45.9 Å². The number of hydrogen-bond acceptors (Lipinski definition) is 8. The normalized spacial score (nSPS) is 43.7. The number of Topliss-reactive ketones (excluding diaryl/α,β-unsaturated/α-hetero) is 1. The summed E-state index contributed by atoms with van der Waals surface area (Å²) in [5, 5.41) is 34.3. The van der Waals surface area contributed by atoms with Crippen molar-refractivity contribution in [3.63, 3.8) is 0 Å². The monoisotopic (exact) mass is 488 g/mol. The van der Waals surface area contributed by atoms with Crippen LogP contribution in [-0.2, 0) is 23.9 Å². The Bertz CT molecular complexity index is 1080. The van der Waals surface area contributed by atoms with Crippen LogP contribution in [0.15, 0.2) is 34.9 Å². The van der Waals surface area contributed by atoms with Crippen LogP contribution in [0.1, 0.15) is 54.9 Å². The molecule has 8 nitrogen and oxygen atoms in total. The highest BCUT2D eigenvalue weighted by atomic mass is 16.6. The minimum Gasteiger partial charge on any atom is -0.458 e. The molecule has 192 valence electrons. The van der Waals surface area contributed by atoms with Crippen molar-refractivity contribution in [3.05, 3.63) is 34.9 Å². The van der Waals surface area contributed by atoms with Crippen LogP contribution in [-0.4, -0.2) is 62.6 Å². The van der Waals surface area contributed by atoms with Gasteiger partial charge in [0.05, 0.1) is 12.2 Å². The third-order valence-electron chi connectivity index (χ3n) is 9.27. The summed E-state index contributed by atoms with van der Waals surface area (Å²) in [5.41, 5.74) is -4.45. The van der Waals surface area contributed by atoms with Crippen LogP contribution in [0.4, 0.5) is 0 Å². The predicted octanol–water partition coefficient (Wildman–Crippen LogP) is 2.02. The van der Waals surface area contributed by atoms with Gasteiger partial charge in [-0.2, -0.15) is 0 Å². The van der Waals surface area contributed by atoms with Crippen molar-refractivity contribution >= 4 is 17.7 Å². The van der Waals surface area contributed by atoms with Crippen molar-refractivity contribution in [2.45, 2.75) is 77.8 Å². The van der Waals surface area contributed by atoms with Crippen molar-refractivity contribution in [1.82, 2.24) is 0 Å². The molecule has 4 aliphatic carbocycles. The molecule has 0 heterocycles. The van der Waals surface area contributed by atoms with Crippen LogP contribution in [0.2, 0.25) is 0 Å². The van der Waals surface area contributed by atoms with Crippen molar-refractivity contribution < 1.29 is 39.2 Å². The molecule has 0 radical (unpaired) electrons. The summed E-state index contributed by atoms with van der Waals surface area (Å²) in [6.45, 7) is 11.3. The molecule has 2 saturated carbocycles. The fourth-order valence-electron chi connectivity index (χ4n) is 7.35. The van der Waals surface area contributed by atoms with Crippen LogP contribution in [0.5, 0.6) is 0 Å². The minimum absolute atomic E-state index is 0.123. The maximum absolute atomic E-state index is 13.1. The zero-order chi connectivity index (χ0) is 26.3. The summed E-state index contributed by atoms with van der Waals surface area (Å²) >= 11 is 0. The molecule has 0 aromatic rings. The number of carbonyl (C=O) groups is 3. The standard InChI is InChI=1S/C27H36O8/c1-8-13(2)23(31)35-27-20(24(27,6)7)18-10-17(12-28)11-25(32)19(9-14(3)21(25)30)26(18,33)15(4)22(27)34-16(5)29/h8-10,15,18-20,22,28,32-33H,11-12H2,1-7H3/b13-8-/t15-,18+,19-,20-,22+,25-,26-,27+/m1/s1. The van der Waals surface area contributed by atoms with Gasteiger partial charge in [0.15, 0.2) is 11.4 Å². The van der Waals surface area contributed by atoms with E-state index < -0.39 is 76.3 Å². The molecular weight excluding hydrogens is 452 g/mol. The van der Waals surface area contributed by atoms with E-state index in [1.165, 1.54) is 6.92 Å². The molecule has 0 bridgehead atoms. The van der Waals surface area contributed by atoms with E-state index in [0.717, 1.165) is 0 Å². The first-order chi connectivity index (χ1) is 16.1. The third-order valence-corrected chi connectivity index (χ3v) is 9.27. The molecule has 0 unspecified atom stereocenters. The van der Waals surface area contributed by atoms with E-state index in [1.807, 2.05) is 13.8 Å². The number of aliphatic hydroxyl groups is 3. The number of ether oxygens (including phenoxy) is 2. The van der Waals surface area contributed by atoms with E-state index >= 15 is 0 Å². The average Bonchev–Trinajstić information content (AvgIpc) is 3.21. The number of esters is 2. The maximum Gasteiger partial charge on any atom is 0.334 e. The topological polar surface area (TPSA) is 130 Å². The van der Waals surface area contributed by atoms with E-state index in [-0.39, 0.29) is 6.42 Å². The van der Waals surface area contributed by atoms with Gasteiger partial charge in [0.25, 0.3) is 0 Å². The highest BCUT2D eigenvalue weighted by Crippen LogP contribution is 2.77. The molecule has 4 rings (SSSR count). The molecule has 0 aromatic carbocycles. The van der Waals surface area contributed by atoms with Crippen molar-refractivity contribution in [2.24, 2.45) is 29.1 Å². The quantitative estimate of drug-likeness (QED) is 0.311. The SMILES string of the molecule is C/C=C(/C)C(=O)O[C@@]12[C@H]([C@@H]3C=C(CO)C[C@]4(O)C(=O)C(C)=C[C@H]4[C@@]3(O)[C@H](C)[C@@H]1OC(C)=O)C2(C)C. The summed E-state index contributed by atoms with van der Waals surface area (Å²) in [4.78, 5) is 38.4. The zero-order valence-electron chi connectivity index (χ0n) is 21.4. The lowest BCUT2D eigenvalue weighted by molar-refractivity contribution is -0.227. The van der Waals surface area contributed by atoms with Gasteiger partial charge in [-0.15, -0.1) is 0 Å². The van der Waals surface area contributed by atoms with E-state index in [4.69, 9.17) is 9.47 Å². The lowest BCUT2D eigenvalue weighted by atomic mass is 9.59. The lowest BCUT2D eigenvalue weighted by Gasteiger charge is -2.53. The molecule has 4 aliphatic rings. The lowest BCUT2D eigenvalue weighted by Crippen LogP contribution is -2.66. The molecule has 0 spiro atoms. The Morgan fingerprint density at radius 2 is 1.83 bits per heavy atom. The fraction of sp³-hybridized carbons (Fsp3) is 0.667. The van der Waals surface area contributed by atoms with Crippen LogP contribution in [0.25, 0.3) is 0 Å². The summed E-state index contributed by atoms with van der Waals surface area (Å²) in [7, 11) is 0. The van der Waals surface area contributed by atoms with E-state index in [9.17, 15) is 29.7 Å². The first-order valence-electron chi connectivity index (χ1n) is 12.2. The second-order valence-corrected chi connectivity index (χ2v) is 11.3. The van der Waals surface area contributed by atoms with Gasteiger partial charge >= 0.3 is 11.9 Å². The van der Waals surface area contributed by atoms with Crippen molar-refractivity contribution in [1.29, 1.82) is 0 Å². The summed E-state index contributed by atoms with van der Waals surface area (Å²) in [6.07, 6.45) is 3.83. The van der Waals surface area contributed by atoms with Crippen LogP contribution in [0, 0.1) is 29.1 Å². The highest BCUT2D eigenvalue weighted by Gasteiger charge is 2.87. The van der Waals surface area contributed by atoms with Crippen LogP contribution >= 0.6 is 0 Å². The molecule has 2 fully saturated rings. The molecule has 35 heavy (non-hydrogen) atoms. The molecule has 8 atom stereocenters. The van der Waals surface area contributed by atoms with E-state index in [2.05, 4.69) is 0 Å². The number of aliphatic hydroxyl groups excluding tert-OH is 1. The maximum atomic E-state index is 13.1. The number of allylic oxidation sites excluding steroid dienone is 1. The Balaban J connectivity index is 1.96. The second kappa shape index (κ2) is 7.85. The molecule has 8 heteroatoms. The van der Waals surface area contributed by atoms with Crippen LogP contribution in [0.3, 0.4) is 0 Å². The number of hydrogen-bond donors (Lipinski definition) is 3. The van der Waals surface area contributed by atoms with Gasteiger partial charge in [-0.25, -0.2) is 4.79 Å². The molecule has 0 amide bonds. The predicted molar refractivity (Wildman–Crippen MR) is 126 cm³/mol. The molecular formula is C27H36O8. The van der Waals surface area contributed by atoms with E-state index in [0.29, 0.717) is 16.7 Å². The Labute approximate surface area is 205 Å². The minimum atomic E-state index is -1.94. The third kappa shape index (κ3) is 3.12. The molecule has 3 N–H and O–H groups in total. The highest BCUT2D eigenvalue weighted by molar-refractivity contribution is 6.04. The largest absolute Gasteiger partial charge is 0.458 e. The Kier molecular flexibility index (Phi) is 5.79. The molecule has 0 saturated heterocycles. The van der Waals surface area contributed by atoms with Gasteiger partial charge in [0.1, 0.15) is 11.7 Å². The van der Waals surface area contributed by atoms with Gasteiger partial charge in [0.2, 0.25) is 0 Å². The van der Waals surface area contributed by atoms with Gasteiger partial charge in [-0.3, -0.25) is 9.59 Å². The van der Waals surface area contributed by atoms with Crippen molar-refractivity contribution in [2.75, 3.05) is 6.61 Å². The fourth-order valence-corrected chi connectivity index (χ4v) is 7.35. The van der Waals surface area contributed by atoms with Gasteiger partial charge < -0.3 is 24.8 Å². The van der Waals surface area contributed by atoms with Gasteiger partial charge in [0, 0.05) is 48.0 Å². The average molecular weight is 489 g/mol. The Hall–Kier alpha value is -2.29. The Morgan fingerprint density at radius 1 is 1.20 bits per heavy atom. The van der Waals surface area contributed by atoms with Crippen LogP contribution < -0.4 is 0 Å². The summed E-state index contributed by atoms with van der Waals surface area (Å²) in [5.74, 6) is -4.63. The van der Waals surface area contributed by atoms with Crippen molar-refractivity contribution in [3.8, 4) is 0 Å².